The minimum absolute atomic E-state index is 0.802. The van der Waals surface area contributed by atoms with Gasteiger partial charge in [-0.2, -0.15) is 0 Å². The summed E-state index contributed by atoms with van der Waals surface area (Å²) in [6, 6.07) is 129. The minimum atomic E-state index is 0.802. The van der Waals surface area contributed by atoms with Crippen LogP contribution in [0.15, 0.2) is 361 Å². The summed E-state index contributed by atoms with van der Waals surface area (Å²) in [5, 5.41) is 23.5. The fraction of sp³-hybridized carbons (Fsp3) is 0. The highest BCUT2D eigenvalue weighted by Gasteiger charge is 2.27. The number of rotatable bonds is 9. The van der Waals surface area contributed by atoms with Crippen molar-refractivity contribution in [1.29, 1.82) is 0 Å². The highest BCUT2D eigenvalue weighted by Crippen LogP contribution is 2.51. The van der Waals surface area contributed by atoms with Gasteiger partial charge >= 0.3 is 0 Å². The van der Waals surface area contributed by atoms with Crippen LogP contribution in [0.5, 0.6) is 0 Å². The second-order valence-corrected chi connectivity index (χ2v) is 27.1. The van der Waals surface area contributed by atoms with Crippen molar-refractivity contribution >= 4 is 186 Å². The molecule has 0 radical (unpaired) electrons. The summed E-state index contributed by atoms with van der Waals surface area (Å²) in [6.07, 6.45) is 0. The molecule has 4 heterocycles. The molecule has 4 aromatic heterocycles. The molecule has 18 aromatic carbocycles. The molecule has 0 fully saturated rings. The third-order valence-electron chi connectivity index (χ3n) is 21.6. The first-order valence-corrected chi connectivity index (χ1v) is 34.9. The van der Waals surface area contributed by atoms with E-state index in [0.29, 0.717) is 0 Å². The lowest BCUT2D eigenvalue weighted by atomic mass is 9.96. The van der Waals surface area contributed by atoms with Crippen LogP contribution in [0, 0.1) is 0 Å². The Balaban J connectivity index is 0.705. The van der Waals surface area contributed by atoms with Gasteiger partial charge in [0.05, 0.1) is 39.1 Å². The number of fused-ring (bicyclic) bond motifs is 22. The summed E-state index contributed by atoms with van der Waals surface area (Å²) in [5.41, 5.74) is 18.1. The van der Waals surface area contributed by atoms with E-state index in [2.05, 4.69) is 371 Å². The number of anilines is 6. The van der Waals surface area contributed by atoms with Gasteiger partial charge in [-0.3, -0.25) is 0 Å². The third kappa shape index (κ3) is 8.41. The summed E-state index contributed by atoms with van der Waals surface area (Å²) >= 11 is 0. The van der Waals surface area contributed by atoms with Crippen LogP contribution in [-0.2, 0) is 0 Å². The van der Waals surface area contributed by atoms with Crippen LogP contribution in [-0.4, -0.2) is 9.13 Å². The van der Waals surface area contributed by atoms with Crippen molar-refractivity contribution in [1.82, 2.24) is 9.13 Å². The highest BCUT2D eigenvalue weighted by molar-refractivity contribution is 6.24. The molecule has 0 N–H and O–H groups in total. The number of benzene rings is 18. The van der Waals surface area contributed by atoms with Crippen LogP contribution in [0.1, 0.15) is 0 Å². The molecule has 0 atom stereocenters. The number of hydrogen-bond acceptors (Lipinski definition) is 4. The molecule has 102 heavy (non-hydrogen) atoms. The van der Waals surface area contributed by atoms with E-state index in [-0.39, 0.29) is 0 Å². The first kappa shape index (κ1) is 56.3. The molecule has 0 saturated carbocycles. The molecule has 0 spiro atoms. The first-order valence-electron chi connectivity index (χ1n) is 34.9. The van der Waals surface area contributed by atoms with E-state index in [0.717, 1.165) is 133 Å². The van der Waals surface area contributed by atoms with Crippen LogP contribution in [0.4, 0.5) is 34.1 Å². The van der Waals surface area contributed by atoms with Gasteiger partial charge in [0.25, 0.3) is 0 Å². The van der Waals surface area contributed by atoms with Crippen LogP contribution >= 0.6 is 0 Å². The largest absolute Gasteiger partial charge is 0.454 e. The zero-order valence-electron chi connectivity index (χ0n) is 55.1. The molecule has 0 amide bonds. The first-order chi connectivity index (χ1) is 50.6. The van der Waals surface area contributed by atoms with Gasteiger partial charge in [-0.05, 0) is 197 Å². The SMILES string of the molecule is c1ccc(-n2c3ccccc3c3cc(N(c4ccc5c(ccc6ccc7ccccc7c65)c4)c4cccc5c4oc4ccc(-c6ccc7oc8c(N(c9ccc%10c(ccc%11ccc%12ccccc%12c%11%10)c9)c9cccc%10c%11ccccc%11n(-c%11ccccc%11)c9%10)cccc8c7c6)cc45)ccc32)cc1. The Bertz CT molecular complexity index is 7280. The smallest absolute Gasteiger partial charge is 0.159 e. The van der Waals surface area contributed by atoms with Crippen LogP contribution in [0.3, 0.4) is 0 Å². The minimum Gasteiger partial charge on any atom is -0.454 e. The van der Waals surface area contributed by atoms with Crippen LogP contribution in [0.25, 0.3) is 175 Å². The molecule has 22 aromatic rings. The van der Waals surface area contributed by atoms with Gasteiger partial charge in [-0.15, -0.1) is 0 Å². The molecule has 6 heteroatoms. The molecule has 0 bridgehead atoms. The maximum absolute atomic E-state index is 7.26. The molecule has 0 aliphatic carbocycles. The average molecular weight is 1300 g/mol. The van der Waals surface area contributed by atoms with Gasteiger partial charge in [-0.25, -0.2) is 0 Å². The predicted molar refractivity (Wildman–Crippen MR) is 430 cm³/mol. The van der Waals surface area contributed by atoms with Crippen molar-refractivity contribution in [2.24, 2.45) is 0 Å². The molecule has 6 nitrogen and oxygen atoms in total. The van der Waals surface area contributed by atoms with Crippen molar-refractivity contribution in [2.75, 3.05) is 9.80 Å². The Morgan fingerprint density at radius 3 is 1.20 bits per heavy atom. The summed E-state index contributed by atoms with van der Waals surface area (Å²) in [4.78, 5) is 4.82. The van der Waals surface area contributed by atoms with Gasteiger partial charge < -0.3 is 27.8 Å². The Kier molecular flexibility index (Phi) is 12.1. The van der Waals surface area contributed by atoms with Crippen molar-refractivity contribution < 1.29 is 8.83 Å². The monoisotopic (exact) mass is 1300 g/mol. The summed E-state index contributed by atoms with van der Waals surface area (Å²) < 4.78 is 19.3. The molecule has 0 saturated heterocycles. The Morgan fingerprint density at radius 1 is 0.216 bits per heavy atom. The van der Waals surface area contributed by atoms with Crippen molar-refractivity contribution in [3.8, 4) is 22.5 Å². The highest BCUT2D eigenvalue weighted by atomic mass is 16.3. The van der Waals surface area contributed by atoms with Crippen molar-refractivity contribution in [3.63, 3.8) is 0 Å². The number of nitrogens with zero attached hydrogens (tertiary/aromatic N) is 4. The van der Waals surface area contributed by atoms with Gasteiger partial charge in [0.15, 0.2) is 11.2 Å². The fourth-order valence-electron chi connectivity index (χ4n) is 17.0. The van der Waals surface area contributed by atoms with Crippen molar-refractivity contribution in [2.45, 2.75) is 0 Å². The van der Waals surface area contributed by atoms with Gasteiger partial charge in [0.2, 0.25) is 0 Å². The maximum atomic E-state index is 7.26. The maximum Gasteiger partial charge on any atom is 0.159 e. The van der Waals surface area contributed by atoms with E-state index in [1.54, 1.807) is 0 Å². The normalized spacial score (nSPS) is 12.1. The molecule has 0 aliphatic heterocycles. The lowest BCUT2D eigenvalue weighted by Crippen LogP contribution is -2.12. The number of para-hydroxylation sites is 7. The Labute approximate surface area is 584 Å². The van der Waals surface area contributed by atoms with E-state index in [1.807, 2.05) is 0 Å². The van der Waals surface area contributed by atoms with Gasteiger partial charge in [-0.1, -0.05) is 231 Å². The van der Waals surface area contributed by atoms with E-state index in [4.69, 9.17) is 8.83 Å². The number of furan rings is 2. The van der Waals surface area contributed by atoms with E-state index < -0.39 is 0 Å². The van der Waals surface area contributed by atoms with E-state index >= 15 is 0 Å². The van der Waals surface area contributed by atoms with Gasteiger partial charge in [0, 0.05) is 71.5 Å². The van der Waals surface area contributed by atoms with Crippen LogP contribution in [0.2, 0.25) is 0 Å². The third-order valence-corrected chi connectivity index (χ3v) is 21.6. The standard InChI is InChI=1S/C96H58N4O2/c1-3-20-67(21-4-1)98-84-31-13-12-27-77(84)81-58-71(48-51-86(81)98)97(69-46-49-74-65(54-69)42-40-61-38-36-59-18-7-9-24-72(59)92(61)74)88-34-16-29-79-82-56-63(44-52-90(82)101-95(79)88)64-45-53-91-83(57-64)80-30-17-35-89(96(80)102-91)99(70-47-50-75-66(55-70)43-41-62-39-37-60-19-8-10-25-73(60)93(62)75)87-33-15-28-78-76-26-11-14-32-85(76)100(94(78)87)68-22-5-2-6-23-68/h1-58H. The zero-order chi connectivity index (χ0) is 66.7. The zero-order valence-corrected chi connectivity index (χ0v) is 55.1. The quantitative estimate of drug-likeness (QED) is 0.135. The second-order valence-electron chi connectivity index (χ2n) is 27.1. The molecular weight excluding hydrogens is 1240 g/mol. The summed E-state index contributed by atoms with van der Waals surface area (Å²) in [7, 11) is 0. The lowest BCUT2D eigenvalue weighted by Gasteiger charge is -2.27. The van der Waals surface area contributed by atoms with E-state index in [1.165, 1.54) is 75.4 Å². The molecule has 22 rings (SSSR count). The Morgan fingerprint density at radius 2 is 0.618 bits per heavy atom. The topological polar surface area (TPSA) is 42.6 Å². The molecular formula is C96H58N4O2. The second kappa shape index (κ2) is 21.9. The summed E-state index contributed by atoms with van der Waals surface area (Å²) in [5.74, 6) is 0. The van der Waals surface area contributed by atoms with Gasteiger partial charge in [0.1, 0.15) is 11.2 Å². The fourth-order valence-corrected chi connectivity index (χ4v) is 17.0. The molecule has 0 aliphatic rings. The predicted octanol–water partition coefficient (Wildman–Crippen LogP) is 27.2. The van der Waals surface area contributed by atoms with Crippen LogP contribution < -0.4 is 9.80 Å². The lowest BCUT2D eigenvalue weighted by molar-refractivity contribution is 0.668. The Hall–Kier alpha value is -13.7. The summed E-state index contributed by atoms with van der Waals surface area (Å²) in [6.45, 7) is 0. The molecule has 474 valence electrons. The number of hydrogen-bond donors (Lipinski definition) is 0. The van der Waals surface area contributed by atoms with Crippen molar-refractivity contribution in [3.05, 3.63) is 352 Å². The molecule has 0 unspecified atom stereocenters. The average Bonchev–Trinajstić information content (AvgIpc) is 1.50. The number of aromatic nitrogens is 2. The van der Waals surface area contributed by atoms with E-state index in [9.17, 15) is 0 Å².